The van der Waals surface area contributed by atoms with Gasteiger partial charge in [0.1, 0.15) is 18.7 Å². The molecule has 0 aromatic rings. The van der Waals surface area contributed by atoms with E-state index in [-0.39, 0.29) is 42.2 Å². The Morgan fingerprint density at radius 2 is 1.66 bits per heavy atom. The fourth-order valence-electron chi connectivity index (χ4n) is 9.37. The highest BCUT2D eigenvalue weighted by molar-refractivity contribution is 5.79. The Labute approximate surface area is 375 Å². The first kappa shape index (κ1) is 56.1. The Kier molecular flexibility index (Phi) is 25.5. The van der Waals surface area contributed by atoms with Crippen LogP contribution in [0.4, 0.5) is 0 Å². The number of hydrogen-bond donors (Lipinski definition) is 8. The molecule has 0 saturated carbocycles. The second kappa shape index (κ2) is 28.1. The zero-order valence-corrected chi connectivity index (χ0v) is 40.6. The number of carbonyl (C=O) groups is 1. The minimum Gasteiger partial charge on any atom is -0.402 e. The standard InChI is InChI=1S/C47H90N6O9/c1-14-31(7)41(51(10)46(58)39(29(3)4)50-45(57)40(30(5)6)52(11)47(59)62-27-20-19-24-35(48)15-2)37(60-12)28-38(54)53-26-21-25-36(53)43(61-13)32(8)44(56)49-33(9)42(55)34-22-17-16-18-23-34/h16-17,22,24,29-33,36-43,45-47,50,54-55,57-59H,14-15,18-21,23,25-28,48H2,1-13H3,(H,49,56)/b35-24+/t31?,32?,33?,36?,37?,38?,39-,40?,41?,42?,43?,45?,46?,47?/m0/s1. The highest BCUT2D eigenvalue weighted by atomic mass is 16.6. The number of nitrogens with two attached hydrogens (primary N) is 1. The predicted octanol–water partition coefficient (Wildman–Crippen LogP) is 3.85. The Morgan fingerprint density at radius 1 is 0.984 bits per heavy atom. The third kappa shape index (κ3) is 16.2. The van der Waals surface area contributed by atoms with Crippen molar-refractivity contribution in [3.05, 3.63) is 35.6 Å². The molecule has 1 saturated heterocycles. The number of rotatable bonds is 30. The van der Waals surface area contributed by atoms with Gasteiger partial charge in [-0.3, -0.25) is 24.8 Å². The molecule has 0 aromatic heterocycles. The van der Waals surface area contributed by atoms with Crippen LogP contribution in [0, 0.1) is 23.7 Å². The number of nitrogens with one attached hydrogen (secondary N) is 2. The van der Waals surface area contributed by atoms with Crippen LogP contribution in [0.5, 0.6) is 0 Å². The molecule has 2 aliphatic rings. The van der Waals surface area contributed by atoms with Gasteiger partial charge in [-0.1, -0.05) is 86.1 Å². The third-order valence-corrected chi connectivity index (χ3v) is 13.5. The molecule has 1 amide bonds. The number of methoxy groups -OCH3 is 2. The third-order valence-electron chi connectivity index (χ3n) is 13.5. The first-order chi connectivity index (χ1) is 29.3. The van der Waals surface area contributed by atoms with E-state index in [2.05, 4.69) is 30.6 Å². The first-order valence-corrected chi connectivity index (χ1v) is 23.4. The molecule has 9 N–H and O–H groups in total. The molecular formula is C47H90N6O9. The molecule has 0 aromatic carbocycles. The van der Waals surface area contributed by atoms with E-state index in [1.54, 1.807) is 26.2 Å². The van der Waals surface area contributed by atoms with E-state index in [1.807, 2.05) is 83.5 Å². The smallest absolute Gasteiger partial charge is 0.225 e. The van der Waals surface area contributed by atoms with E-state index in [4.69, 9.17) is 19.9 Å². The number of nitrogens with zero attached hydrogens (tertiary/aromatic N) is 3. The summed E-state index contributed by atoms with van der Waals surface area (Å²) in [6.45, 7) is 18.7. The van der Waals surface area contributed by atoms with Gasteiger partial charge in [0.2, 0.25) is 12.3 Å². The number of amides is 1. The van der Waals surface area contributed by atoms with Crippen LogP contribution in [0.1, 0.15) is 120 Å². The van der Waals surface area contributed by atoms with Crippen LogP contribution in [-0.4, -0.2) is 161 Å². The summed E-state index contributed by atoms with van der Waals surface area (Å²) in [6, 6.07) is -2.20. The molecule has 1 aliphatic heterocycles. The number of aliphatic hydroxyl groups is 5. The van der Waals surface area contributed by atoms with Gasteiger partial charge in [0.25, 0.3) is 0 Å². The molecule has 14 atom stereocenters. The maximum absolute atomic E-state index is 13.6. The molecular weight excluding hydrogens is 793 g/mol. The van der Waals surface area contributed by atoms with Crippen LogP contribution in [-0.2, 0) is 19.0 Å². The predicted molar refractivity (Wildman–Crippen MR) is 246 cm³/mol. The van der Waals surface area contributed by atoms with E-state index in [1.165, 1.54) is 0 Å². The molecule has 2 rings (SSSR count). The molecule has 0 radical (unpaired) electrons. The molecule has 362 valence electrons. The first-order valence-electron chi connectivity index (χ1n) is 23.4. The highest BCUT2D eigenvalue weighted by Gasteiger charge is 2.44. The lowest BCUT2D eigenvalue weighted by Crippen LogP contribution is -2.64. The van der Waals surface area contributed by atoms with Crippen LogP contribution >= 0.6 is 0 Å². The molecule has 1 heterocycles. The number of unbranched alkanes of at least 4 members (excludes halogenated alkanes) is 1. The van der Waals surface area contributed by atoms with Gasteiger partial charge in [-0.05, 0) is 89.3 Å². The minimum atomic E-state index is -1.25. The summed E-state index contributed by atoms with van der Waals surface area (Å²) < 4.78 is 17.9. The van der Waals surface area contributed by atoms with Crippen molar-refractivity contribution in [3.8, 4) is 0 Å². The zero-order valence-electron chi connectivity index (χ0n) is 40.6. The van der Waals surface area contributed by atoms with Crippen molar-refractivity contribution in [1.29, 1.82) is 0 Å². The lowest BCUT2D eigenvalue weighted by molar-refractivity contribution is -0.215. The number of likely N-dealkylation sites (tertiary alicyclic amines) is 1. The molecule has 1 fully saturated rings. The number of allylic oxidation sites excluding steroid dienone is 5. The van der Waals surface area contributed by atoms with Crippen molar-refractivity contribution in [2.24, 2.45) is 29.4 Å². The maximum Gasteiger partial charge on any atom is 0.225 e. The van der Waals surface area contributed by atoms with Crippen molar-refractivity contribution >= 4 is 5.91 Å². The van der Waals surface area contributed by atoms with Gasteiger partial charge in [0, 0.05) is 45.0 Å². The van der Waals surface area contributed by atoms with Gasteiger partial charge >= 0.3 is 0 Å². The molecule has 13 unspecified atom stereocenters. The number of aliphatic hydroxyl groups excluding tert-OH is 5. The largest absolute Gasteiger partial charge is 0.402 e. The maximum atomic E-state index is 13.6. The van der Waals surface area contributed by atoms with E-state index in [9.17, 15) is 30.3 Å². The lowest BCUT2D eigenvalue weighted by atomic mass is 9.88. The van der Waals surface area contributed by atoms with E-state index < -0.39 is 67.5 Å². The summed E-state index contributed by atoms with van der Waals surface area (Å²) in [6.07, 6.45) is 8.14. The lowest BCUT2D eigenvalue weighted by Gasteiger charge is -2.46. The highest BCUT2D eigenvalue weighted by Crippen LogP contribution is 2.32. The molecule has 0 spiro atoms. The van der Waals surface area contributed by atoms with Crippen LogP contribution in [0.2, 0.25) is 0 Å². The van der Waals surface area contributed by atoms with E-state index in [0.717, 1.165) is 56.2 Å². The summed E-state index contributed by atoms with van der Waals surface area (Å²) in [5.41, 5.74) is 7.63. The average molecular weight is 883 g/mol. The summed E-state index contributed by atoms with van der Waals surface area (Å²) >= 11 is 0. The van der Waals surface area contributed by atoms with Crippen molar-refractivity contribution in [1.82, 2.24) is 25.3 Å². The van der Waals surface area contributed by atoms with Crippen LogP contribution in [0.25, 0.3) is 0 Å². The fraction of sp³-hybridized carbons (Fsp3) is 0.851. The summed E-state index contributed by atoms with van der Waals surface area (Å²) in [7, 11) is 6.80. The Bertz CT molecular complexity index is 1370. The molecule has 0 bridgehead atoms. The van der Waals surface area contributed by atoms with Gasteiger partial charge in [-0.15, -0.1) is 0 Å². The van der Waals surface area contributed by atoms with Crippen LogP contribution in [0.15, 0.2) is 35.6 Å². The van der Waals surface area contributed by atoms with E-state index in [0.29, 0.717) is 19.6 Å². The Morgan fingerprint density at radius 3 is 2.21 bits per heavy atom. The van der Waals surface area contributed by atoms with Crippen molar-refractivity contribution < 1.29 is 44.5 Å². The summed E-state index contributed by atoms with van der Waals surface area (Å²) in [5.74, 6) is -0.934. The van der Waals surface area contributed by atoms with Gasteiger partial charge < -0.3 is 50.8 Å². The second-order valence-electron chi connectivity index (χ2n) is 18.6. The molecule has 62 heavy (non-hydrogen) atoms. The topological polar surface area (TPSA) is 206 Å². The average Bonchev–Trinajstić information content (AvgIpc) is 3.74. The molecule has 1 aliphatic carbocycles. The number of hydrogen-bond acceptors (Lipinski definition) is 14. The molecule has 15 heteroatoms. The van der Waals surface area contributed by atoms with Gasteiger partial charge in [-0.25, -0.2) is 0 Å². The summed E-state index contributed by atoms with van der Waals surface area (Å²) in [4.78, 5) is 19.1. The number of likely N-dealkylation sites (N-methyl/N-ethyl adjacent to an activating group) is 2. The summed E-state index contributed by atoms with van der Waals surface area (Å²) in [5, 5.41) is 64.1. The number of carbonyl (C=O) groups excluding carboxylic acids is 1. The fourth-order valence-corrected chi connectivity index (χ4v) is 9.37. The van der Waals surface area contributed by atoms with Gasteiger partial charge in [0.15, 0.2) is 0 Å². The van der Waals surface area contributed by atoms with Crippen LogP contribution in [0.3, 0.4) is 0 Å². The molecule has 15 nitrogen and oxygen atoms in total. The monoisotopic (exact) mass is 883 g/mol. The normalized spacial score (nSPS) is 23.1. The Hall–Kier alpha value is -1.99. The SMILES string of the molecule is CC/C(N)=C\CCCOC(O)N(C)C(C(C)C)C(O)N[C@@H](C(C)C)C(O)N(C)C(C(C)CC)C(CC(O)N1CCCC1C(OC)C(C)C(=O)NC(C)C(O)C1=CC=CCC1)OC. The van der Waals surface area contributed by atoms with Crippen LogP contribution < -0.4 is 16.4 Å². The Balaban J connectivity index is 2.22. The van der Waals surface area contributed by atoms with Crippen molar-refractivity contribution in [3.63, 3.8) is 0 Å². The quantitative estimate of drug-likeness (QED) is 0.0382. The van der Waals surface area contributed by atoms with Crippen molar-refractivity contribution in [2.75, 3.05) is 41.5 Å². The van der Waals surface area contributed by atoms with Crippen molar-refractivity contribution in [2.45, 2.75) is 194 Å². The van der Waals surface area contributed by atoms with Gasteiger partial charge in [0.05, 0.1) is 49.0 Å². The van der Waals surface area contributed by atoms with E-state index >= 15 is 0 Å². The number of ether oxygens (including phenoxy) is 3. The minimum absolute atomic E-state index is 0.0443. The second-order valence-corrected chi connectivity index (χ2v) is 18.6. The van der Waals surface area contributed by atoms with Gasteiger partial charge in [-0.2, -0.15) is 0 Å². The zero-order chi connectivity index (χ0) is 46.8.